The van der Waals surface area contributed by atoms with Gasteiger partial charge in [-0.25, -0.2) is 8.42 Å². The molecule has 0 aliphatic carbocycles. The quantitative estimate of drug-likeness (QED) is 0.407. The minimum absolute atomic E-state index is 0.115. The van der Waals surface area contributed by atoms with Gasteiger partial charge in [-0.1, -0.05) is 60.7 Å². The van der Waals surface area contributed by atoms with Crippen LogP contribution in [0.15, 0.2) is 95.9 Å². The van der Waals surface area contributed by atoms with E-state index in [9.17, 15) is 13.2 Å². The fourth-order valence-corrected chi connectivity index (χ4v) is 4.25. The lowest BCUT2D eigenvalue weighted by Gasteiger charge is -2.17. The summed E-state index contributed by atoms with van der Waals surface area (Å²) in [5, 5.41) is 5.55. The number of hydrogen-bond acceptors (Lipinski definition) is 4. The molecule has 0 bridgehead atoms. The number of rotatable bonds is 7. The van der Waals surface area contributed by atoms with Crippen LogP contribution < -0.4 is 10.6 Å². The van der Waals surface area contributed by atoms with E-state index in [1.165, 1.54) is 22.5 Å². The maximum Gasteiger partial charge on any atom is 0.250 e. The number of sulfonamides is 1. The standard InChI is InChI=1S/C24H23N3O3S2/c1-27(18-20-10-6-3-7-11-20)32(29,30)22-15-13-21(14-16-22)25-24(31)26-23(28)17-12-19-8-4-2-5-9-19/h2-17H,18H2,1H3,(H2,25,26,28,31)/b17-12+. The Hall–Kier alpha value is -3.33. The fraction of sp³-hybridized carbons (Fsp3) is 0.0833. The number of carbonyl (C=O) groups is 1. The van der Waals surface area contributed by atoms with Gasteiger partial charge in [0.05, 0.1) is 4.90 Å². The third-order valence-electron chi connectivity index (χ3n) is 4.53. The van der Waals surface area contributed by atoms with Gasteiger partial charge in [-0.15, -0.1) is 0 Å². The highest BCUT2D eigenvalue weighted by atomic mass is 32.2. The number of carbonyl (C=O) groups excluding carboxylic acids is 1. The number of nitrogens with one attached hydrogen (secondary N) is 2. The zero-order chi connectivity index (χ0) is 23.0. The third kappa shape index (κ3) is 6.58. The monoisotopic (exact) mass is 465 g/mol. The van der Waals surface area contributed by atoms with Crippen molar-refractivity contribution in [2.45, 2.75) is 11.4 Å². The average molecular weight is 466 g/mol. The summed E-state index contributed by atoms with van der Waals surface area (Å²) in [4.78, 5) is 12.2. The van der Waals surface area contributed by atoms with Crippen LogP contribution in [0, 0.1) is 0 Å². The van der Waals surface area contributed by atoms with E-state index in [1.54, 1.807) is 25.3 Å². The van der Waals surface area contributed by atoms with Crippen molar-refractivity contribution in [1.82, 2.24) is 9.62 Å². The van der Waals surface area contributed by atoms with E-state index in [0.717, 1.165) is 11.1 Å². The molecule has 1 amide bonds. The largest absolute Gasteiger partial charge is 0.332 e. The molecule has 0 radical (unpaired) electrons. The normalized spacial score (nSPS) is 11.4. The van der Waals surface area contributed by atoms with E-state index in [-0.39, 0.29) is 22.5 Å². The molecule has 0 saturated carbocycles. The second kappa shape index (κ2) is 10.8. The lowest BCUT2D eigenvalue weighted by Crippen LogP contribution is -2.32. The van der Waals surface area contributed by atoms with Crippen molar-refractivity contribution in [2.75, 3.05) is 12.4 Å². The molecule has 0 aliphatic rings. The van der Waals surface area contributed by atoms with Crippen LogP contribution in [-0.2, 0) is 21.4 Å². The summed E-state index contributed by atoms with van der Waals surface area (Å²) in [5.74, 6) is -0.368. The molecule has 0 spiro atoms. The van der Waals surface area contributed by atoms with Gasteiger partial charge in [0.2, 0.25) is 15.9 Å². The molecular formula is C24H23N3O3S2. The van der Waals surface area contributed by atoms with Crippen molar-refractivity contribution in [3.8, 4) is 0 Å². The third-order valence-corrected chi connectivity index (χ3v) is 6.55. The summed E-state index contributed by atoms with van der Waals surface area (Å²) >= 11 is 5.16. The van der Waals surface area contributed by atoms with Gasteiger partial charge in [0.25, 0.3) is 0 Å². The second-order valence-electron chi connectivity index (χ2n) is 6.96. The van der Waals surface area contributed by atoms with Gasteiger partial charge >= 0.3 is 0 Å². The highest BCUT2D eigenvalue weighted by Crippen LogP contribution is 2.19. The predicted octanol–water partition coefficient (Wildman–Crippen LogP) is 4.03. The zero-order valence-corrected chi connectivity index (χ0v) is 19.1. The Morgan fingerprint density at radius 3 is 2.16 bits per heavy atom. The molecular weight excluding hydrogens is 442 g/mol. The van der Waals surface area contributed by atoms with Crippen LogP contribution in [-0.4, -0.2) is 30.8 Å². The number of anilines is 1. The number of hydrogen-bond donors (Lipinski definition) is 2. The summed E-state index contributed by atoms with van der Waals surface area (Å²) in [6, 6.07) is 25.0. The van der Waals surface area contributed by atoms with E-state index in [4.69, 9.17) is 12.2 Å². The molecule has 164 valence electrons. The van der Waals surface area contributed by atoms with Gasteiger partial charge in [0.15, 0.2) is 5.11 Å². The van der Waals surface area contributed by atoms with Crippen molar-refractivity contribution in [2.24, 2.45) is 0 Å². The molecule has 32 heavy (non-hydrogen) atoms. The molecule has 8 heteroatoms. The SMILES string of the molecule is CN(Cc1ccccc1)S(=O)(=O)c1ccc(NC(=S)NC(=O)/C=C/c2ccccc2)cc1. The number of benzene rings is 3. The first kappa shape index (κ1) is 23.3. The first-order chi connectivity index (χ1) is 15.3. The van der Waals surface area contributed by atoms with Gasteiger partial charge in [-0.2, -0.15) is 4.31 Å². The van der Waals surface area contributed by atoms with Gasteiger partial charge in [0.1, 0.15) is 0 Å². The van der Waals surface area contributed by atoms with E-state index >= 15 is 0 Å². The van der Waals surface area contributed by atoms with Crippen LogP contribution in [0.2, 0.25) is 0 Å². The summed E-state index contributed by atoms with van der Waals surface area (Å²) in [7, 11) is -2.10. The van der Waals surface area contributed by atoms with Crippen LogP contribution in [0.25, 0.3) is 6.08 Å². The Bertz CT molecular complexity index is 1190. The number of nitrogens with zero attached hydrogens (tertiary/aromatic N) is 1. The summed E-state index contributed by atoms with van der Waals surface area (Å²) < 4.78 is 26.9. The first-order valence-electron chi connectivity index (χ1n) is 9.80. The smallest absolute Gasteiger partial charge is 0.250 e. The average Bonchev–Trinajstić information content (AvgIpc) is 2.79. The first-order valence-corrected chi connectivity index (χ1v) is 11.6. The van der Waals surface area contributed by atoms with Gasteiger partial charge < -0.3 is 5.32 Å². The highest BCUT2D eigenvalue weighted by molar-refractivity contribution is 7.89. The Balaban J connectivity index is 1.57. The summed E-state index contributed by atoms with van der Waals surface area (Å²) in [6.07, 6.45) is 3.07. The highest BCUT2D eigenvalue weighted by Gasteiger charge is 2.20. The van der Waals surface area contributed by atoms with Crippen LogP contribution in [0.3, 0.4) is 0 Å². The molecule has 0 saturated heterocycles. The van der Waals surface area contributed by atoms with Crippen LogP contribution >= 0.6 is 12.2 Å². The molecule has 3 aromatic rings. The van der Waals surface area contributed by atoms with Crippen molar-refractivity contribution >= 4 is 45.0 Å². The Morgan fingerprint density at radius 1 is 0.938 bits per heavy atom. The summed E-state index contributed by atoms with van der Waals surface area (Å²) in [6.45, 7) is 0.274. The second-order valence-corrected chi connectivity index (χ2v) is 9.41. The van der Waals surface area contributed by atoms with Crippen LogP contribution in [0.4, 0.5) is 5.69 Å². The Kier molecular flexibility index (Phi) is 7.88. The maximum absolute atomic E-state index is 12.8. The molecule has 0 heterocycles. The van der Waals surface area contributed by atoms with Crippen molar-refractivity contribution in [3.63, 3.8) is 0 Å². The van der Waals surface area contributed by atoms with E-state index in [1.807, 2.05) is 60.7 Å². The number of thiocarbonyl (C=S) groups is 1. The molecule has 0 atom stereocenters. The Labute approximate surface area is 193 Å². The predicted molar refractivity (Wildman–Crippen MR) is 131 cm³/mol. The topological polar surface area (TPSA) is 78.5 Å². The fourth-order valence-electron chi connectivity index (χ4n) is 2.87. The van der Waals surface area contributed by atoms with Crippen molar-refractivity contribution in [3.05, 3.63) is 102 Å². The number of amides is 1. The van der Waals surface area contributed by atoms with E-state index in [2.05, 4.69) is 10.6 Å². The van der Waals surface area contributed by atoms with Crippen molar-refractivity contribution < 1.29 is 13.2 Å². The molecule has 0 aromatic heterocycles. The van der Waals surface area contributed by atoms with Crippen LogP contribution in [0.1, 0.15) is 11.1 Å². The lowest BCUT2D eigenvalue weighted by atomic mass is 10.2. The minimum Gasteiger partial charge on any atom is -0.332 e. The summed E-state index contributed by atoms with van der Waals surface area (Å²) in [5.41, 5.74) is 2.36. The van der Waals surface area contributed by atoms with Gasteiger partial charge in [-0.3, -0.25) is 10.1 Å². The van der Waals surface area contributed by atoms with Gasteiger partial charge in [0, 0.05) is 25.4 Å². The van der Waals surface area contributed by atoms with E-state index in [0.29, 0.717) is 5.69 Å². The molecule has 0 unspecified atom stereocenters. The molecule has 6 nitrogen and oxygen atoms in total. The molecule has 2 N–H and O–H groups in total. The molecule has 0 aliphatic heterocycles. The Morgan fingerprint density at radius 2 is 1.53 bits per heavy atom. The van der Waals surface area contributed by atoms with E-state index < -0.39 is 10.0 Å². The van der Waals surface area contributed by atoms with Gasteiger partial charge in [-0.05, 0) is 53.7 Å². The van der Waals surface area contributed by atoms with Crippen LogP contribution in [0.5, 0.6) is 0 Å². The minimum atomic E-state index is -3.64. The maximum atomic E-state index is 12.8. The van der Waals surface area contributed by atoms with Crippen molar-refractivity contribution in [1.29, 1.82) is 0 Å². The molecule has 3 aromatic carbocycles. The molecule has 0 fully saturated rings. The zero-order valence-electron chi connectivity index (χ0n) is 17.4. The molecule has 3 rings (SSSR count). The lowest BCUT2D eigenvalue weighted by molar-refractivity contribution is -0.115.